The molecule has 0 aliphatic carbocycles. The van der Waals surface area contributed by atoms with Crippen LogP contribution in [0.4, 0.5) is 0 Å². The van der Waals surface area contributed by atoms with Gasteiger partial charge in [0.15, 0.2) is 11.5 Å². The van der Waals surface area contributed by atoms with Gasteiger partial charge in [-0.25, -0.2) is 0 Å². The first-order valence-corrected chi connectivity index (χ1v) is 5.20. The molecule has 0 spiro atoms. The van der Waals surface area contributed by atoms with E-state index in [1.54, 1.807) is 12.1 Å². The number of amides is 1. The van der Waals surface area contributed by atoms with Gasteiger partial charge in [0.1, 0.15) is 0 Å². The van der Waals surface area contributed by atoms with Crippen molar-refractivity contribution in [1.82, 2.24) is 5.32 Å². The van der Waals surface area contributed by atoms with Crippen molar-refractivity contribution in [3.8, 4) is 29.6 Å². The molecular weight excluding hydrogens is 234 g/mol. The summed E-state index contributed by atoms with van der Waals surface area (Å²) in [4.78, 5) is 11.9. The van der Waals surface area contributed by atoms with Gasteiger partial charge in [0.25, 0.3) is 5.91 Å². The number of nitrogens with one attached hydrogen (secondary N) is 1. The molecule has 0 heterocycles. The fraction of sp³-hybridized carbons (Fsp3) is 0.308. The number of hydrogen-bond acceptors (Lipinski definition) is 4. The number of ether oxygens (including phenoxy) is 3. The smallest absolute Gasteiger partial charge is 0.255 e. The topological polar surface area (TPSA) is 56.8 Å². The highest BCUT2D eigenvalue weighted by molar-refractivity contribution is 5.98. The molecule has 0 aromatic heterocycles. The van der Waals surface area contributed by atoms with Crippen LogP contribution in [0.2, 0.25) is 0 Å². The summed E-state index contributed by atoms with van der Waals surface area (Å²) in [6.45, 7) is 0.149. The Morgan fingerprint density at radius 3 is 2.39 bits per heavy atom. The maximum Gasteiger partial charge on any atom is 0.255 e. The lowest BCUT2D eigenvalue weighted by atomic mass is 10.1. The lowest BCUT2D eigenvalue weighted by molar-refractivity contribution is 0.0955. The van der Waals surface area contributed by atoms with Gasteiger partial charge in [-0.3, -0.25) is 4.79 Å². The Labute approximate surface area is 106 Å². The van der Waals surface area contributed by atoms with Gasteiger partial charge in [-0.15, -0.1) is 6.42 Å². The first-order chi connectivity index (χ1) is 8.69. The number of terminal acetylenes is 1. The van der Waals surface area contributed by atoms with Crippen LogP contribution in [0.3, 0.4) is 0 Å². The molecule has 0 aliphatic heterocycles. The number of benzene rings is 1. The summed E-state index contributed by atoms with van der Waals surface area (Å²) in [6, 6.07) is 3.22. The standard InChI is InChI=1S/C13H15NO4/c1-5-8-14-13(15)9-6-7-10(16-2)12(18-4)11(9)17-3/h1,6-7H,8H2,2-4H3,(H,14,15). The third kappa shape index (κ3) is 2.66. The molecule has 0 atom stereocenters. The van der Waals surface area contributed by atoms with Crippen LogP contribution < -0.4 is 19.5 Å². The average molecular weight is 249 g/mol. The molecule has 0 saturated heterocycles. The highest BCUT2D eigenvalue weighted by Crippen LogP contribution is 2.39. The maximum absolute atomic E-state index is 11.9. The quantitative estimate of drug-likeness (QED) is 0.793. The number of methoxy groups -OCH3 is 3. The van der Waals surface area contributed by atoms with Crippen molar-refractivity contribution in [2.75, 3.05) is 27.9 Å². The Morgan fingerprint density at radius 1 is 1.22 bits per heavy atom. The van der Waals surface area contributed by atoms with E-state index in [2.05, 4.69) is 11.2 Å². The largest absolute Gasteiger partial charge is 0.493 e. The molecule has 0 aliphatic rings. The highest BCUT2D eigenvalue weighted by Gasteiger charge is 2.19. The molecule has 1 aromatic rings. The Hall–Kier alpha value is -2.35. The Kier molecular flexibility index (Phi) is 4.88. The van der Waals surface area contributed by atoms with Crippen LogP contribution in [0.1, 0.15) is 10.4 Å². The lowest BCUT2D eigenvalue weighted by Crippen LogP contribution is -2.24. The molecule has 0 fully saturated rings. The van der Waals surface area contributed by atoms with Crippen molar-refractivity contribution in [1.29, 1.82) is 0 Å². The van der Waals surface area contributed by atoms with Crippen LogP contribution in [-0.2, 0) is 0 Å². The maximum atomic E-state index is 11.9. The van der Waals surface area contributed by atoms with Gasteiger partial charge < -0.3 is 19.5 Å². The molecule has 96 valence electrons. The van der Waals surface area contributed by atoms with E-state index in [-0.39, 0.29) is 12.5 Å². The van der Waals surface area contributed by atoms with Gasteiger partial charge in [0.05, 0.1) is 33.4 Å². The monoisotopic (exact) mass is 249 g/mol. The minimum atomic E-state index is -0.328. The van der Waals surface area contributed by atoms with Gasteiger partial charge in [0, 0.05) is 0 Å². The van der Waals surface area contributed by atoms with Crippen LogP contribution in [-0.4, -0.2) is 33.8 Å². The Balaban J connectivity index is 3.21. The van der Waals surface area contributed by atoms with Crippen molar-refractivity contribution in [2.24, 2.45) is 0 Å². The molecule has 0 saturated carbocycles. The summed E-state index contributed by atoms with van der Waals surface area (Å²) >= 11 is 0. The Morgan fingerprint density at radius 2 is 1.89 bits per heavy atom. The molecule has 18 heavy (non-hydrogen) atoms. The highest BCUT2D eigenvalue weighted by atomic mass is 16.5. The van der Waals surface area contributed by atoms with Crippen LogP contribution >= 0.6 is 0 Å². The summed E-state index contributed by atoms with van der Waals surface area (Å²) < 4.78 is 15.5. The predicted molar refractivity (Wildman–Crippen MR) is 67.3 cm³/mol. The van der Waals surface area contributed by atoms with Crippen molar-refractivity contribution >= 4 is 5.91 Å². The molecular formula is C13H15NO4. The molecule has 1 N–H and O–H groups in total. The van der Waals surface area contributed by atoms with Crippen molar-refractivity contribution in [3.63, 3.8) is 0 Å². The second-order valence-corrected chi connectivity index (χ2v) is 3.27. The first-order valence-electron chi connectivity index (χ1n) is 5.20. The number of hydrogen-bond donors (Lipinski definition) is 1. The predicted octanol–water partition coefficient (Wildman–Crippen LogP) is 1.08. The second-order valence-electron chi connectivity index (χ2n) is 3.27. The zero-order chi connectivity index (χ0) is 13.5. The molecule has 1 amide bonds. The van der Waals surface area contributed by atoms with E-state index in [0.717, 1.165) is 0 Å². The summed E-state index contributed by atoms with van der Waals surface area (Å²) in [7, 11) is 4.44. The zero-order valence-corrected chi connectivity index (χ0v) is 10.6. The van der Waals surface area contributed by atoms with Gasteiger partial charge >= 0.3 is 0 Å². The number of carbonyl (C=O) groups excluding carboxylic acids is 1. The summed E-state index contributed by atoms with van der Waals surface area (Å²) in [5, 5.41) is 2.56. The van der Waals surface area contributed by atoms with Crippen LogP contribution in [0, 0.1) is 12.3 Å². The number of rotatable bonds is 5. The van der Waals surface area contributed by atoms with E-state index in [1.165, 1.54) is 21.3 Å². The minimum absolute atomic E-state index is 0.149. The summed E-state index contributed by atoms with van der Waals surface area (Å²) in [5.41, 5.74) is 0.338. The van der Waals surface area contributed by atoms with E-state index in [0.29, 0.717) is 22.8 Å². The van der Waals surface area contributed by atoms with Gasteiger partial charge in [-0.05, 0) is 12.1 Å². The minimum Gasteiger partial charge on any atom is -0.493 e. The molecule has 5 nitrogen and oxygen atoms in total. The SMILES string of the molecule is C#CCNC(=O)c1ccc(OC)c(OC)c1OC. The average Bonchev–Trinajstić information content (AvgIpc) is 2.42. The van der Waals surface area contributed by atoms with E-state index >= 15 is 0 Å². The normalized spacial score (nSPS) is 9.22. The van der Waals surface area contributed by atoms with Crippen LogP contribution in [0.15, 0.2) is 12.1 Å². The van der Waals surface area contributed by atoms with Gasteiger partial charge in [0.2, 0.25) is 5.75 Å². The second kappa shape index (κ2) is 6.40. The van der Waals surface area contributed by atoms with E-state index in [1.807, 2.05) is 0 Å². The summed E-state index contributed by atoms with van der Waals surface area (Å²) in [6.07, 6.45) is 5.09. The molecule has 5 heteroatoms. The van der Waals surface area contributed by atoms with E-state index in [4.69, 9.17) is 20.6 Å². The van der Waals surface area contributed by atoms with E-state index in [9.17, 15) is 4.79 Å². The fourth-order valence-corrected chi connectivity index (χ4v) is 1.51. The molecule has 1 aromatic carbocycles. The molecule has 1 rings (SSSR count). The summed E-state index contributed by atoms with van der Waals surface area (Å²) in [5.74, 6) is 3.17. The fourth-order valence-electron chi connectivity index (χ4n) is 1.51. The molecule has 0 bridgehead atoms. The van der Waals surface area contributed by atoms with E-state index < -0.39 is 0 Å². The van der Waals surface area contributed by atoms with Crippen molar-refractivity contribution < 1.29 is 19.0 Å². The molecule has 0 unspecified atom stereocenters. The van der Waals surface area contributed by atoms with Crippen LogP contribution in [0.5, 0.6) is 17.2 Å². The third-order valence-corrected chi connectivity index (χ3v) is 2.30. The zero-order valence-electron chi connectivity index (χ0n) is 10.6. The van der Waals surface area contributed by atoms with Crippen molar-refractivity contribution in [3.05, 3.63) is 17.7 Å². The van der Waals surface area contributed by atoms with Gasteiger partial charge in [-0.1, -0.05) is 5.92 Å². The Bertz CT molecular complexity index is 477. The molecule has 0 radical (unpaired) electrons. The number of carbonyl (C=O) groups is 1. The third-order valence-electron chi connectivity index (χ3n) is 2.30. The lowest BCUT2D eigenvalue weighted by Gasteiger charge is -2.15. The van der Waals surface area contributed by atoms with Crippen LogP contribution in [0.25, 0.3) is 0 Å². The van der Waals surface area contributed by atoms with Crippen molar-refractivity contribution in [2.45, 2.75) is 0 Å². The van der Waals surface area contributed by atoms with Gasteiger partial charge in [-0.2, -0.15) is 0 Å². The first kappa shape index (κ1) is 13.7.